The monoisotopic (exact) mass is 505 g/mol. The predicted molar refractivity (Wildman–Crippen MR) is 115 cm³/mol. The first-order chi connectivity index (χ1) is 15.9. The molecule has 0 aromatic heterocycles. The second kappa shape index (κ2) is 10.1. The molecule has 184 valence electrons. The lowest BCUT2D eigenvalue weighted by molar-refractivity contribution is -0.267. The van der Waals surface area contributed by atoms with Crippen LogP contribution in [0.25, 0.3) is 0 Å². The lowest BCUT2D eigenvalue weighted by Gasteiger charge is -2.20. The second-order valence-electron chi connectivity index (χ2n) is 7.74. The van der Waals surface area contributed by atoms with Crippen LogP contribution in [0, 0.1) is 0 Å². The van der Waals surface area contributed by atoms with Crippen molar-refractivity contribution < 1.29 is 36.3 Å². The van der Waals surface area contributed by atoms with E-state index in [1.54, 1.807) is 0 Å². The summed E-state index contributed by atoms with van der Waals surface area (Å²) in [6.45, 7) is 2.08. The first-order valence-electron chi connectivity index (χ1n) is 10.1. The normalized spacial score (nSPS) is 16.9. The van der Waals surface area contributed by atoms with Gasteiger partial charge in [0.25, 0.3) is 5.91 Å². The Hall–Kier alpha value is -2.92. The van der Waals surface area contributed by atoms with Crippen LogP contribution in [0.1, 0.15) is 22.3 Å². The first kappa shape index (κ1) is 25.7. The molecule has 0 saturated carbocycles. The van der Waals surface area contributed by atoms with E-state index < -0.39 is 34.6 Å². The Bertz CT molecular complexity index is 1050. The Morgan fingerprint density at radius 1 is 1.15 bits per heavy atom. The van der Waals surface area contributed by atoms with Crippen molar-refractivity contribution in [2.75, 3.05) is 25.5 Å². The summed E-state index contributed by atoms with van der Waals surface area (Å²) in [5.74, 6) is -8.96. The maximum Gasteiger partial charge on any atom is 0.463 e. The largest absolute Gasteiger partial charge is 0.496 e. The van der Waals surface area contributed by atoms with Gasteiger partial charge in [-0.15, -0.1) is 0 Å². The molecular formula is C22H21ClF5N3O3. The molecule has 2 aromatic carbocycles. The van der Waals surface area contributed by atoms with E-state index in [4.69, 9.17) is 16.3 Å². The Morgan fingerprint density at radius 2 is 1.82 bits per heavy atom. The maximum atomic E-state index is 13.2. The van der Waals surface area contributed by atoms with Crippen LogP contribution < -0.4 is 15.4 Å². The number of amides is 2. The minimum Gasteiger partial charge on any atom is -0.496 e. The van der Waals surface area contributed by atoms with Crippen LogP contribution >= 0.6 is 11.6 Å². The van der Waals surface area contributed by atoms with E-state index in [2.05, 4.69) is 10.2 Å². The third-order valence-corrected chi connectivity index (χ3v) is 5.59. The van der Waals surface area contributed by atoms with Gasteiger partial charge in [0.1, 0.15) is 5.75 Å². The molecule has 1 saturated heterocycles. The van der Waals surface area contributed by atoms with Crippen molar-refractivity contribution in [3.8, 4) is 5.75 Å². The predicted octanol–water partition coefficient (Wildman–Crippen LogP) is 4.49. The highest BCUT2D eigenvalue weighted by Crippen LogP contribution is 2.38. The number of carbonyl (C=O) groups is 2. The highest BCUT2D eigenvalue weighted by atomic mass is 35.5. The zero-order chi connectivity index (χ0) is 25.1. The lowest BCUT2D eigenvalue weighted by Crippen LogP contribution is -2.47. The molecule has 1 atom stereocenters. The molecular weight excluding hydrogens is 485 g/mol. The fourth-order valence-electron chi connectivity index (χ4n) is 3.52. The summed E-state index contributed by atoms with van der Waals surface area (Å²) in [6, 6.07) is 11.6. The van der Waals surface area contributed by atoms with E-state index in [9.17, 15) is 31.5 Å². The summed E-state index contributed by atoms with van der Waals surface area (Å²) < 4.78 is 68.8. The Morgan fingerprint density at radius 3 is 2.44 bits per heavy atom. The van der Waals surface area contributed by atoms with E-state index in [-0.39, 0.29) is 17.4 Å². The van der Waals surface area contributed by atoms with Gasteiger partial charge in [0.05, 0.1) is 23.4 Å². The molecule has 1 heterocycles. The van der Waals surface area contributed by atoms with Crippen LogP contribution in [-0.2, 0) is 11.3 Å². The van der Waals surface area contributed by atoms with Crippen LogP contribution in [0.5, 0.6) is 5.75 Å². The molecule has 1 aliphatic heterocycles. The molecule has 3 rings (SSSR count). The number of nitrogens with one attached hydrogen (secondary N) is 2. The van der Waals surface area contributed by atoms with Crippen LogP contribution in [-0.4, -0.2) is 55.1 Å². The SMILES string of the molecule is COc1cc(NC(=O)C(F)(F)C(F)(F)F)c(Cl)cc1C(=O)N[C@H]1CCN(Cc2ccccc2)C1. The zero-order valence-corrected chi connectivity index (χ0v) is 18.6. The van der Waals surface area contributed by atoms with Crippen LogP contribution in [0.15, 0.2) is 42.5 Å². The molecule has 0 spiro atoms. The number of halogens is 6. The number of rotatable bonds is 7. The van der Waals surface area contributed by atoms with Gasteiger partial charge in [0.15, 0.2) is 0 Å². The minimum absolute atomic E-state index is 0.0606. The maximum absolute atomic E-state index is 13.2. The average molecular weight is 506 g/mol. The number of likely N-dealkylation sites (tertiary alicyclic amines) is 1. The molecule has 2 aromatic rings. The number of hydrogen-bond donors (Lipinski definition) is 2. The minimum atomic E-state index is -6.08. The number of anilines is 1. The van der Waals surface area contributed by atoms with Crippen LogP contribution in [0.4, 0.5) is 27.6 Å². The first-order valence-corrected chi connectivity index (χ1v) is 10.5. The number of benzene rings is 2. The summed E-state index contributed by atoms with van der Waals surface area (Å²) in [6.07, 6.45) is -5.39. The Labute approximate surface area is 197 Å². The molecule has 34 heavy (non-hydrogen) atoms. The lowest BCUT2D eigenvalue weighted by atomic mass is 10.1. The quantitative estimate of drug-likeness (QED) is 0.544. The van der Waals surface area contributed by atoms with Gasteiger partial charge in [-0.05, 0) is 18.1 Å². The van der Waals surface area contributed by atoms with Gasteiger partial charge in [-0.3, -0.25) is 14.5 Å². The van der Waals surface area contributed by atoms with E-state index in [1.165, 1.54) is 12.4 Å². The molecule has 2 N–H and O–H groups in total. The van der Waals surface area contributed by atoms with E-state index in [0.29, 0.717) is 13.0 Å². The van der Waals surface area contributed by atoms with Crippen molar-refractivity contribution >= 4 is 29.1 Å². The van der Waals surface area contributed by atoms with Crippen molar-refractivity contribution in [1.29, 1.82) is 0 Å². The summed E-state index contributed by atoms with van der Waals surface area (Å²) >= 11 is 5.96. The smallest absolute Gasteiger partial charge is 0.463 e. The second-order valence-corrected chi connectivity index (χ2v) is 8.15. The van der Waals surface area contributed by atoms with Crippen molar-refractivity contribution in [2.45, 2.75) is 31.1 Å². The highest BCUT2D eigenvalue weighted by Gasteiger charge is 2.63. The summed E-state index contributed by atoms with van der Waals surface area (Å²) in [5, 5.41) is 3.87. The van der Waals surface area contributed by atoms with Gasteiger partial charge in [-0.2, -0.15) is 22.0 Å². The number of nitrogens with zero attached hydrogens (tertiary/aromatic N) is 1. The standard InChI is InChI=1S/C22H21ClF5N3O3/c1-34-18-10-17(30-20(33)21(24,25)22(26,27)28)16(23)9-15(18)19(32)29-14-7-8-31(12-14)11-13-5-3-2-4-6-13/h2-6,9-10,14H,7-8,11-12H2,1H3,(H,29,32)(H,30,33)/t14-/m0/s1. The molecule has 0 radical (unpaired) electrons. The summed E-state index contributed by atoms with van der Waals surface area (Å²) in [4.78, 5) is 26.4. The molecule has 6 nitrogen and oxygen atoms in total. The number of hydrogen-bond acceptors (Lipinski definition) is 4. The number of carbonyl (C=O) groups excluding carboxylic acids is 2. The van der Waals surface area contributed by atoms with Crippen molar-refractivity contribution in [1.82, 2.24) is 10.2 Å². The fraction of sp³-hybridized carbons (Fsp3) is 0.364. The topological polar surface area (TPSA) is 70.7 Å². The highest BCUT2D eigenvalue weighted by molar-refractivity contribution is 6.34. The number of ether oxygens (including phenoxy) is 1. The van der Waals surface area contributed by atoms with Crippen LogP contribution in [0.2, 0.25) is 5.02 Å². The van der Waals surface area contributed by atoms with Crippen molar-refractivity contribution in [2.24, 2.45) is 0 Å². The number of alkyl halides is 5. The number of methoxy groups -OCH3 is 1. The molecule has 1 aliphatic rings. The summed E-state index contributed by atoms with van der Waals surface area (Å²) in [5.41, 5.74) is 0.519. The van der Waals surface area contributed by atoms with Crippen molar-refractivity contribution in [3.05, 3.63) is 58.6 Å². The zero-order valence-electron chi connectivity index (χ0n) is 17.9. The van der Waals surface area contributed by atoms with Crippen LogP contribution in [0.3, 0.4) is 0 Å². The molecule has 2 amide bonds. The van der Waals surface area contributed by atoms with Gasteiger partial charge >= 0.3 is 18.0 Å². The van der Waals surface area contributed by atoms with E-state index in [1.807, 2.05) is 30.3 Å². The summed E-state index contributed by atoms with van der Waals surface area (Å²) in [7, 11) is 1.17. The molecule has 0 aliphatic carbocycles. The third kappa shape index (κ3) is 5.76. The average Bonchev–Trinajstić information content (AvgIpc) is 3.21. The molecule has 0 bridgehead atoms. The van der Waals surface area contributed by atoms with Gasteiger partial charge in [-0.25, -0.2) is 0 Å². The third-order valence-electron chi connectivity index (χ3n) is 5.28. The van der Waals surface area contributed by atoms with Gasteiger partial charge in [0, 0.05) is 31.7 Å². The van der Waals surface area contributed by atoms with E-state index in [0.717, 1.165) is 30.8 Å². The van der Waals surface area contributed by atoms with Gasteiger partial charge in [-0.1, -0.05) is 41.9 Å². The molecule has 0 unspecified atom stereocenters. The van der Waals surface area contributed by atoms with Crippen molar-refractivity contribution in [3.63, 3.8) is 0 Å². The Balaban J connectivity index is 1.68. The molecule has 1 fully saturated rings. The molecule has 12 heteroatoms. The fourth-order valence-corrected chi connectivity index (χ4v) is 3.73. The van der Waals surface area contributed by atoms with E-state index >= 15 is 0 Å². The van der Waals surface area contributed by atoms with Gasteiger partial charge < -0.3 is 15.4 Å². The van der Waals surface area contributed by atoms with Gasteiger partial charge in [0.2, 0.25) is 0 Å². The Kier molecular flexibility index (Phi) is 7.67.